The van der Waals surface area contributed by atoms with Crippen LogP contribution in [0.25, 0.3) is 0 Å². The van der Waals surface area contributed by atoms with Crippen molar-refractivity contribution in [1.82, 2.24) is 0 Å². The molecule has 5 atom stereocenters. The molecule has 1 heterocycles. The van der Waals surface area contributed by atoms with Gasteiger partial charge in [0.15, 0.2) is 0 Å². The van der Waals surface area contributed by atoms with E-state index in [-0.39, 0.29) is 6.42 Å². The molecule has 0 amide bonds. The van der Waals surface area contributed by atoms with Gasteiger partial charge in [0.25, 0.3) is 0 Å². The molecule has 0 unspecified atom stereocenters. The molecule has 0 saturated carbocycles. The average molecular weight is 395 g/mol. The topological polar surface area (TPSA) is 107 Å². The maximum Gasteiger partial charge on any atom is 0.303 e. The highest BCUT2D eigenvalue weighted by molar-refractivity contribution is 5.66. The molecule has 0 bridgehead atoms. The van der Waals surface area contributed by atoms with E-state index in [9.17, 15) is 20.1 Å². The minimum atomic E-state index is -0.805. The fraction of sp³-hybridized carbons (Fsp3) is 0.591. The number of carboxylic acid groups (broad SMARTS) is 1. The van der Waals surface area contributed by atoms with E-state index < -0.39 is 36.5 Å². The summed E-state index contributed by atoms with van der Waals surface area (Å²) in [7, 11) is 0. The Morgan fingerprint density at radius 2 is 1.82 bits per heavy atom. The third kappa shape index (κ3) is 10.6. The van der Waals surface area contributed by atoms with Crippen LogP contribution < -0.4 is 0 Å². The van der Waals surface area contributed by atoms with Gasteiger partial charge in [-0.25, -0.2) is 0 Å². The third-order valence-electron chi connectivity index (χ3n) is 4.42. The fourth-order valence-corrected chi connectivity index (χ4v) is 2.84. The number of hydrogen-bond acceptors (Lipinski definition) is 5. The number of carboxylic acids is 1. The molecule has 1 fully saturated rings. The Morgan fingerprint density at radius 3 is 2.54 bits per heavy atom. The molecular formula is C22H34O6. The largest absolute Gasteiger partial charge is 0.481 e. The van der Waals surface area contributed by atoms with E-state index in [1.165, 1.54) is 0 Å². The quantitative estimate of drug-likeness (QED) is 0.358. The van der Waals surface area contributed by atoms with Gasteiger partial charge < -0.3 is 25.2 Å². The molecule has 158 valence electrons. The van der Waals surface area contributed by atoms with Crippen LogP contribution in [0.15, 0.2) is 48.6 Å². The molecule has 0 aromatic heterocycles. The van der Waals surface area contributed by atoms with Gasteiger partial charge in [0.2, 0.25) is 0 Å². The summed E-state index contributed by atoms with van der Waals surface area (Å²) in [4.78, 5) is 10.4. The molecule has 28 heavy (non-hydrogen) atoms. The maximum absolute atomic E-state index is 10.4. The second-order valence-electron chi connectivity index (χ2n) is 6.92. The predicted octanol–water partition coefficient (Wildman–Crippen LogP) is 2.90. The lowest BCUT2D eigenvalue weighted by Crippen LogP contribution is -2.25. The maximum atomic E-state index is 10.4. The number of ether oxygens (including phenoxy) is 1. The van der Waals surface area contributed by atoms with Gasteiger partial charge in [-0.3, -0.25) is 4.79 Å². The number of rotatable bonds is 13. The molecule has 1 saturated heterocycles. The zero-order chi connectivity index (χ0) is 20.8. The zero-order valence-corrected chi connectivity index (χ0v) is 16.6. The lowest BCUT2D eigenvalue weighted by molar-refractivity contribution is -0.136. The van der Waals surface area contributed by atoms with Crippen molar-refractivity contribution in [2.24, 2.45) is 0 Å². The summed E-state index contributed by atoms with van der Waals surface area (Å²) >= 11 is 0. The summed E-state index contributed by atoms with van der Waals surface area (Å²) in [6.45, 7) is 2.03. The summed E-state index contributed by atoms with van der Waals surface area (Å²) in [5.41, 5.74) is 0. The summed E-state index contributed by atoms with van der Waals surface area (Å²) < 4.78 is 5.71. The molecule has 6 nitrogen and oxygen atoms in total. The Kier molecular flexibility index (Phi) is 12.4. The van der Waals surface area contributed by atoms with Gasteiger partial charge in [-0.15, -0.1) is 0 Å². The second kappa shape index (κ2) is 14.3. The molecule has 0 spiro atoms. The van der Waals surface area contributed by atoms with Crippen molar-refractivity contribution in [3.63, 3.8) is 0 Å². The van der Waals surface area contributed by atoms with Gasteiger partial charge >= 0.3 is 5.97 Å². The number of aliphatic hydroxyl groups excluding tert-OH is 3. The van der Waals surface area contributed by atoms with E-state index in [1.807, 2.05) is 43.4 Å². The van der Waals surface area contributed by atoms with Crippen LogP contribution in [0.2, 0.25) is 0 Å². The van der Waals surface area contributed by atoms with Crippen molar-refractivity contribution >= 4 is 5.97 Å². The van der Waals surface area contributed by atoms with Gasteiger partial charge in [0, 0.05) is 12.8 Å². The van der Waals surface area contributed by atoms with Crippen molar-refractivity contribution in [1.29, 1.82) is 0 Å². The Balaban J connectivity index is 2.29. The van der Waals surface area contributed by atoms with Crippen LogP contribution in [0, 0.1) is 0 Å². The molecular weight excluding hydrogens is 360 g/mol. The second-order valence-corrected chi connectivity index (χ2v) is 6.92. The van der Waals surface area contributed by atoms with Gasteiger partial charge in [0.05, 0.1) is 24.4 Å². The van der Waals surface area contributed by atoms with Gasteiger partial charge in [0.1, 0.15) is 6.10 Å². The number of aliphatic hydroxyl groups is 3. The molecule has 0 aliphatic carbocycles. The van der Waals surface area contributed by atoms with E-state index in [0.717, 1.165) is 6.42 Å². The van der Waals surface area contributed by atoms with E-state index in [0.29, 0.717) is 32.1 Å². The van der Waals surface area contributed by atoms with Crippen LogP contribution in [0.3, 0.4) is 0 Å². The van der Waals surface area contributed by atoms with Crippen LogP contribution in [0.5, 0.6) is 0 Å². The Hall–Kier alpha value is -1.73. The highest BCUT2D eigenvalue weighted by Crippen LogP contribution is 2.25. The summed E-state index contributed by atoms with van der Waals surface area (Å²) in [5.74, 6) is -0.805. The normalized spacial score (nSPS) is 25.5. The summed E-state index contributed by atoms with van der Waals surface area (Å²) in [5, 5.41) is 38.8. The lowest BCUT2D eigenvalue weighted by Gasteiger charge is -2.16. The van der Waals surface area contributed by atoms with Crippen molar-refractivity contribution in [3.05, 3.63) is 48.6 Å². The fourth-order valence-electron chi connectivity index (χ4n) is 2.84. The minimum absolute atomic E-state index is 0.131. The van der Waals surface area contributed by atoms with Crippen molar-refractivity contribution in [2.45, 2.75) is 82.4 Å². The molecule has 6 heteroatoms. The molecule has 1 rings (SSSR count). The molecule has 0 radical (unpaired) electrons. The first-order valence-corrected chi connectivity index (χ1v) is 9.98. The molecule has 0 aromatic rings. The molecule has 0 aromatic carbocycles. The standard InChI is InChI=1S/C22H34O6/c1-2-3-8-12-18(24)21-16-19(25)20(28-21)15-14-17(23)11-9-6-4-5-7-10-13-22(26)27/h3,5-9,14-15,17-21,23-25H,2,4,10-13,16H2,1H3,(H,26,27)/b7-5-,8-3-,9-6-,15-14+/t17-,18-,19-,20+,21-/m1/s1. The first kappa shape index (κ1) is 24.3. The van der Waals surface area contributed by atoms with Crippen LogP contribution >= 0.6 is 0 Å². The molecule has 1 aliphatic rings. The number of aliphatic carboxylic acids is 1. The Labute approximate surface area is 167 Å². The highest BCUT2D eigenvalue weighted by atomic mass is 16.5. The monoisotopic (exact) mass is 394 g/mol. The Morgan fingerprint density at radius 1 is 1.11 bits per heavy atom. The average Bonchev–Trinajstić information content (AvgIpc) is 3.03. The zero-order valence-electron chi connectivity index (χ0n) is 16.6. The number of carbonyl (C=O) groups is 1. The van der Waals surface area contributed by atoms with Crippen LogP contribution in [-0.2, 0) is 9.53 Å². The van der Waals surface area contributed by atoms with Crippen LogP contribution in [-0.4, -0.2) is 56.9 Å². The smallest absolute Gasteiger partial charge is 0.303 e. The van der Waals surface area contributed by atoms with Crippen LogP contribution in [0.4, 0.5) is 0 Å². The third-order valence-corrected chi connectivity index (χ3v) is 4.42. The van der Waals surface area contributed by atoms with Crippen molar-refractivity contribution < 1.29 is 30.0 Å². The number of allylic oxidation sites excluding steroid dienone is 4. The summed E-state index contributed by atoms with van der Waals surface area (Å²) in [6, 6.07) is 0. The van der Waals surface area contributed by atoms with E-state index in [1.54, 1.807) is 12.2 Å². The summed E-state index contributed by atoms with van der Waals surface area (Å²) in [6.07, 6.45) is 15.3. The lowest BCUT2D eigenvalue weighted by atomic mass is 10.0. The molecule has 4 N–H and O–H groups in total. The van der Waals surface area contributed by atoms with Crippen LogP contribution in [0.1, 0.15) is 51.9 Å². The predicted molar refractivity (Wildman–Crippen MR) is 109 cm³/mol. The van der Waals surface area contributed by atoms with Crippen molar-refractivity contribution in [3.8, 4) is 0 Å². The number of hydrogen-bond donors (Lipinski definition) is 4. The highest BCUT2D eigenvalue weighted by Gasteiger charge is 2.35. The van der Waals surface area contributed by atoms with Gasteiger partial charge in [-0.1, -0.05) is 55.5 Å². The minimum Gasteiger partial charge on any atom is -0.481 e. The first-order chi connectivity index (χ1) is 13.4. The van der Waals surface area contributed by atoms with Crippen molar-refractivity contribution in [2.75, 3.05) is 0 Å². The molecule has 1 aliphatic heterocycles. The van der Waals surface area contributed by atoms with E-state index >= 15 is 0 Å². The SMILES string of the molecule is CC/C=C\C[C@@H](O)[C@H]1C[C@@H](O)[C@H](/C=C/[C@H](O)C/C=C\C/C=C\CCC(=O)O)O1. The van der Waals surface area contributed by atoms with E-state index in [2.05, 4.69) is 0 Å². The van der Waals surface area contributed by atoms with Gasteiger partial charge in [-0.2, -0.15) is 0 Å². The van der Waals surface area contributed by atoms with E-state index in [4.69, 9.17) is 9.84 Å². The van der Waals surface area contributed by atoms with Gasteiger partial charge in [-0.05, 0) is 32.1 Å². The first-order valence-electron chi connectivity index (χ1n) is 9.98. The Bertz CT molecular complexity index is 551.